The summed E-state index contributed by atoms with van der Waals surface area (Å²) in [6, 6.07) is 22.8. The second kappa shape index (κ2) is 6.61. The van der Waals surface area contributed by atoms with E-state index in [4.69, 9.17) is 16.3 Å². The molecule has 3 aromatic carbocycles. The summed E-state index contributed by atoms with van der Waals surface area (Å²) in [6.07, 6.45) is 0. The van der Waals surface area contributed by atoms with E-state index in [0.717, 1.165) is 16.8 Å². The van der Waals surface area contributed by atoms with Gasteiger partial charge < -0.3 is 9.30 Å². The highest BCUT2D eigenvalue weighted by atomic mass is 35.5. The van der Waals surface area contributed by atoms with Gasteiger partial charge in [-0.05, 0) is 42.5 Å². The Balaban J connectivity index is 1.80. The zero-order valence-corrected chi connectivity index (χ0v) is 14.2. The van der Waals surface area contributed by atoms with Crippen molar-refractivity contribution in [3.05, 3.63) is 88.0 Å². The molecule has 0 saturated carbocycles. The van der Waals surface area contributed by atoms with Crippen LogP contribution in [0, 0.1) is 0 Å². The van der Waals surface area contributed by atoms with Gasteiger partial charge in [0.05, 0.1) is 17.6 Å². The number of pyridine rings is 1. The predicted molar refractivity (Wildman–Crippen MR) is 103 cm³/mol. The lowest BCUT2D eigenvalue weighted by Gasteiger charge is -2.16. The van der Waals surface area contributed by atoms with Gasteiger partial charge in [-0.25, -0.2) is 0 Å². The fourth-order valence-corrected chi connectivity index (χ4v) is 3.29. The van der Waals surface area contributed by atoms with Gasteiger partial charge in [-0.3, -0.25) is 4.79 Å². The lowest BCUT2D eigenvalue weighted by Crippen LogP contribution is -2.15. The smallest absolute Gasteiger partial charge is 0.197 e. The molecule has 0 bridgehead atoms. The third-order valence-electron chi connectivity index (χ3n) is 4.26. The Morgan fingerprint density at radius 2 is 1.56 bits per heavy atom. The second-order valence-electron chi connectivity index (χ2n) is 5.82. The van der Waals surface area contributed by atoms with Crippen LogP contribution < -0.4 is 10.2 Å². The van der Waals surface area contributed by atoms with Crippen LogP contribution in [0.4, 0.5) is 0 Å². The van der Waals surface area contributed by atoms with Crippen LogP contribution in [0.15, 0.2) is 77.6 Å². The number of ether oxygens (including phenoxy) is 1. The quantitative estimate of drug-likeness (QED) is 0.491. The average molecular weight is 350 g/mol. The summed E-state index contributed by atoms with van der Waals surface area (Å²) in [7, 11) is 0. The van der Waals surface area contributed by atoms with E-state index in [1.54, 1.807) is 6.07 Å². The molecule has 0 saturated heterocycles. The Bertz CT molecular complexity index is 1100. The molecular weight excluding hydrogens is 334 g/mol. The van der Waals surface area contributed by atoms with Crippen LogP contribution in [0.25, 0.3) is 21.8 Å². The first-order valence-electron chi connectivity index (χ1n) is 8.13. The number of hydrogen-bond acceptors (Lipinski definition) is 2. The number of halogens is 1. The minimum absolute atomic E-state index is 0.00771. The molecule has 0 spiro atoms. The van der Waals surface area contributed by atoms with Gasteiger partial charge in [-0.15, -0.1) is 0 Å². The summed E-state index contributed by atoms with van der Waals surface area (Å²) in [5.41, 5.74) is 1.78. The van der Waals surface area contributed by atoms with Crippen LogP contribution in [0.5, 0.6) is 5.75 Å². The Morgan fingerprint density at radius 1 is 0.840 bits per heavy atom. The van der Waals surface area contributed by atoms with Gasteiger partial charge in [0.1, 0.15) is 12.4 Å². The molecule has 124 valence electrons. The van der Waals surface area contributed by atoms with Crippen molar-refractivity contribution in [3.8, 4) is 5.75 Å². The van der Waals surface area contributed by atoms with Crippen molar-refractivity contribution in [1.29, 1.82) is 0 Å². The van der Waals surface area contributed by atoms with Gasteiger partial charge in [-0.2, -0.15) is 0 Å². The summed E-state index contributed by atoms with van der Waals surface area (Å²) in [4.78, 5) is 12.8. The Labute approximate surface area is 150 Å². The molecule has 4 heteroatoms. The van der Waals surface area contributed by atoms with Crippen molar-refractivity contribution in [2.75, 3.05) is 6.61 Å². The first-order chi connectivity index (χ1) is 12.2. The maximum Gasteiger partial charge on any atom is 0.197 e. The van der Waals surface area contributed by atoms with Crippen molar-refractivity contribution in [3.63, 3.8) is 0 Å². The van der Waals surface area contributed by atoms with Crippen LogP contribution in [0.3, 0.4) is 0 Å². The third-order valence-corrected chi connectivity index (χ3v) is 4.50. The molecule has 0 N–H and O–H groups in total. The van der Waals surface area contributed by atoms with Crippen molar-refractivity contribution in [2.45, 2.75) is 6.54 Å². The van der Waals surface area contributed by atoms with Crippen LogP contribution >= 0.6 is 11.6 Å². The van der Waals surface area contributed by atoms with Crippen molar-refractivity contribution in [1.82, 2.24) is 4.57 Å². The maximum absolute atomic E-state index is 12.8. The lowest BCUT2D eigenvalue weighted by molar-refractivity contribution is 0.302. The summed E-state index contributed by atoms with van der Waals surface area (Å²) in [6.45, 7) is 1.14. The van der Waals surface area contributed by atoms with Gasteiger partial charge in [0.15, 0.2) is 5.43 Å². The van der Waals surface area contributed by atoms with Crippen molar-refractivity contribution >= 4 is 33.4 Å². The largest absolute Gasteiger partial charge is 0.492 e. The molecule has 0 fully saturated rings. The predicted octanol–water partition coefficient (Wildman–Crippen LogP) is 4.89. The number of nitrogens with zero attached hydrogens (tertiary/aromatic N) is 1. The standard InChI is InChI=1S/C21H16ClNO2/c22-15-10-11-20-18(14-15)21(24)17-8-4-5-9-19(17)23(20)12-13-25-16-6-2-1-3-7-16/h1-11,14H,12-13H2. The SMILES string of the molecule is O=c1c2ccccc2n(CCOc2ccccc2)c2ccc(Cl)cc12. The van der Waals surface area contributed by atoms with Gasteiger partial charge >= 0.3 is 0 Å². The number of para-hydroxylation sites is 2. The van der Waals surface area contributed by atoms with Crippen LogP contribution in [0.1, 0.15) is 0 Å². The van der Waals surface area contributed by atoms with Gasteiger partial charge in [0, 0.05) is 15.8 Å². The van der Waals surface area contributed by atoms with Crippen LogP contribution in [-0.2, 0) is 6.54 Å². The minimum Gasteiger partial charge on any atom is -0.492 e. The molecule has 4 aromatic rings. The molecule has 0 atom stereocenters. The summed E-state index contributed by atoms with van der Waals surface area (Å²) < 4.78 is 7.95. The van der Waals surface area contributed by atoms with E-state index in [0.29, 0.717) is 28.9 Å². The van der Waals surface area contributed by atoms with E-state index >= 15 is 0 Å². The minimum atomic E-state index is 0.00771. The third kappa shape index (κ3) is 2.99. The normalized spacial score (nSPS) is 11.1. The first kappa shape index (κ1) is 15.7. The fraction of sp³-hybridized carbons (Fsp3) is 0.0952. The number of hydrogen-bond donors (Lipinski definition) is 0. The monoisotopic (exact) mass is 349 g/mol. The average Bonchev–Trinajstić information content (AvgIpc) is 2.65. The van der Waals surface area contributed by atoms with Gasteiger partial charge in [0.2, 0.25) is 0 Å². The van der Waals surface area contributed by atoms with Crippen molar-refractivity contribution < 1.29 is 4.74 Å². The Hall–Kier alpha value is -2.78. The van der Waals surface area contributed by atoms with Crippen molar-refractivity contribution in [2.24, 2.45) is 0 Å². The summed E-state index contributed by atoms with van der Waals surface area (Å²) in [5.74, 6) is 0.834. The second-order valence-corrected chi connectivity index (χ2v) is 6.26. The fourth-order valence-electron chi connectivity index (χ4n) is 3.11. The zero-order valence-electron chi connectivity index (χ0n) is 13.5. The lowest BCUT2D eigenvalue weighted by atomic mass is 10.1. The molecule has 1 heterocycles. The molecule has 1 aromatic heterocycles. The maximum atomic E-state index is 12.8. The number of rotatable bonds is 4. The van der Waals surface area contributed by atoms with E-state index in [1.807, 2.05) is 66.7 Å². The highest BCUT2D eigenvalue weighted by Gasteiger charge is 2.11. The van der Waals surface area contributed by atoms with E-state index in [1.165, 1.54) is 0 Å². The summed E-state index contributed by atoms with van der Waals surface area (Å²) in [5, 5.41) is 1.88. The van der Waals surface area contributed by atoms with Crippen LogP contribution in [0.2, 0.25) is 5.02 Å². The topological polar surface area (TPSA) is 31.2 Å². The highest BCUT2D eigenvalue weighted by Crippen LogP contribution is 2.22. The molecule has 4 rings (SSSR count). The first-order valence-corrected chi connectivity index (χ1v) is 8.50. The molecule has 0 aliphatic rings. The van der Waals surface area contributed by atoms with E-state index in [2.05, 4.69) is 4.57 Å². The molecule has 0 aliphatic carbocycles. The summed E-state index contributed by atoms with van der Waals surface area (Å²) >= 11 is 6.11. The van der Waals surface area contributed by atoms with E-state index in [9.17, 15) is 4.79 Å². The number of fused-ring (bicyclic) bond motifs is 2. The van der Waals surface area contributed by atoms with Gasteiger partial charge in [0.25, 0.3) is 0 Å². The van der Waals surface area contributed by atoms with E-state index in [-0.39, 0.29) is 5.43 Å². The van der Waals surface area contributed by atoms with Gasteiger partial charge in [-0.1, -0.05) is 41.9 Å². The molecule has 3 nitrogen and oxygen atoms in total. The highest BCUT2D eigenvalue weighted by molar-refractivity contribution is 6.31. The Kier molecular flexibility index (Phi) is 4.16. The molecule has 0 radical (unpaired) electrons. The Morgan fingerprint density at radius 3 is 2.40 bits per heavy atom. The van der Waals surface area contributed by atoms with E-state index < -0.39 is 0 Å². The molecule has 25 heavy (non-hydrogen) atoms. The molecule has 0 unspecified atom stereocenters. The zero-order chi connectivity index (χ0) is 17.2. The number of aromatic nitrogens is 1. The molecule has 0 amide bonds. The molecule has 0 aliphatic heterocycles. The molecular formula is C21H16ClNO2. The van der Waals surface area contributed by atoms with Crippen LogP contribution in [-0.4, -0.2) is 11.2 Å². The number of benzene rings is 3.